The second-order valence-corrected chi connectivity index (χ2v) is 8.41. The van der Waals surface area contributed by atoms with Crippen molar-refractivity contribution in [2.24, 2.45) is 7.05 Å². The van der Waals surface area contributed by atoms with E-state index in [1.54, 1.807) is 17.7 Å². The molecule has 0 aliphatic carbocycles. The number of thiophene rings is 1. The van der Waals surface area contributed by atoms with Gasteiger partial charge in [0.1, 0.15) is 6.33 Å². The van der Waals surface area contributed by atoms with Crippen LogP contribution in [0.2, 0.25) is 0 Å². The van der Waals surface area contributed by atoms with E-state index in [4.69, 9.17) is 10.1 Å². The number of nitrogens with zero attached hydrogens (tertiary/aromatic N) is 6. The second kappa shape index (κ2) is 7.13. The Balaban J connectivity index is 1.94. The van der Waals surface area contributed by atoms with Gasteiger partial charge in [-0.25, -0.2) is 19.2 Å². The molecule has 0 saturated carbocycles. The molecule has 0 aliphatic heterocycles. The average molecular weight is 395 g/mol. The first-order valence-corrected chi connectivity index (χ1v) is 10.6. The highest BCUT2D eigenvalue weighted by atomic mass is 32.1. The second-order valence-electron chi connectivity index (χ2n) is 7.36. The molecule has 0 bridgehead atoms. The van der Waals surface area contributed by atoms with E-state index >= 15 is 0 Å². The number of fused-ring (bicyclic) bond motifs is 1. The molecular formula is C21H26N6S. The van der Waals surface area contributed by atoms with Gasteiger partial charge in [0.25, 0.3) is 0 Å². The molecule has 4 heterocycles. The maximum absolute atomic E-state index is 4.91. The van der Waals surface area contributed by atoms with Crippen molar-refractivity contribution in [1.82, 2.24) is 29.4 Å². The van der Waals surface area contributed by atoms with Crippen LogP contribution in [0, 0.1) is 20.8 Å². The Morgan fingerprint density at radius 1 is 1.11 bits per heavy atom. The van der Waals surface area contributed by atoms with Gasteiger partial charge in [-0.05, 0) is 51.3 Å². The summed E-state index contributed by atoms with van der Waals surface area (Å²) in [5.41, 5.74) is 6.61. The van der Waals surface area contributed by atoms with Crippen LogP contribution in [0.4, 0.5) is 0 Å². The van der Waals surface area contributed by atoms with Crippen LogP contribution in [-0.4, -0.2) is 29.4 Å². The quantitative estimate of drug-likeness (QED) is 0.473. The summed E-state index contributed by atoms with van der Waals surface area (Å²) in [6, 6.07) is 4.37. The topological polar surface area (TPSA) is 60.9 Å². The number of aromatic nitrogens is 6. The van der Waals surface area contributed by atoms with Crippen LogP contribution in [0.3, 0.4) is 0 Å². The Morgan fingerprint density at radius 2 is 1.86 bits per heavy atom. The Morgan fingerprint density at radius 3 is 2.50 bits per heavy atom. The minimum absolute atomic E-state index is 0.481. The van der Waals surface area contributed by atoms with E-state index < -0.39 is 0 Å². The lowest BCUT2D eigenvalue weighted by atomic mass is 9.98. The van der Waals surface area contributed by atoms with Crippen LogP contribution in [0.1, 0.15) is 55.3 Å². The fraction of sp³-hybridized carbons (Fsp3) is 0.429. The van der Waals surface area contributed by atoms with Gasteiger partial charge in [0.2, 0.25) is 0 Å². The van der Waals surface area contributed by atoms with Gasteiger partial charge in [0.15, 0.2) is 11.5 Å². The van der Waals surface area contributed by atoms with Crippen molar-refractivity contribution in [3.05, 3.63) is 41.1 Å². The van der Waals surface area contributed by atoms with Crippen molar-refractivity contribution in [2.75, 3.05) is 0 Å². The van der Waals surface area contributed by atoms with Crippen molar-refractivity contribution >= 4 is 17.0 Å². The van der Waals surface area contributed by atoms with Crippen LogP contribution in [0.25, 0.3) is 26.8 Å². The average Bonchev–Trinajstić information content (AvgIpc) is 3.32. The lowest BCUT2D eigenvalue weighted by molar-refractivity contribution is 0.598. The van der Waals surface area contributed by atoms with Crippen molar-refractivity contribution in [3.63, 3.8) is 0 Å². The SMILES string of the molecule is CCC(CC)c1cc(C)nc2c(-c3sc(-c4ncnn4C)cc3C)c(C)nn12. The number of aryl methyl sites for hydroxylation is 4. The summed E-state index contributed by atoms with van der Waals surface area (Å²) >= 11 is 1.73. The van der Waals surface area contributed by atoms with Crippen LogP contribution in [-0.2, 0) is 7.05 Å². The Bertz CT molecular complexity index is 1150. The third-order valence-corrected chi connectivity index (χ3v) is 6.65. The van der Waals surface area contributed by atoms with Crippen LogP contribution >= 0.6 is 11.3 Å². The standard InChI is InChI=1S/C21H26N6S/c1-7-15(8-2)16-10-13(4)24-21-18(14(5)25-27(16)21)19-12(3)9-17(28-19)20-22-11-23-26(20)6/h9-11,15H,7-8H2,1-6H3. The van der Waals surface area contributed by atoms with E-state index in [0.29, 0.717) is 5.92 Å². The van der Waals surface area contributed by atoms with E-state index in [1.807, 2.05) is 11.7 Å². The molecule has 28 heavy (non-hydrogen) atoms. The predicted molar refractivity (Wildman–Crippen MR) is 114 cm³/mol. The third-order valence-electron chi connectivity index (χ3n) is 5.40. The van der Waals surface area contributed by atoms with Crippen LogP contribution < -0.4 is 0 Å². The molecule has 146 valence electrons. The van der Waals surface area contributed by atoms with Crippen molar-refractivity contribution in [3.8, 4) is 21.1 Å². The van der Waals surface area contributed by atoms with Gasteiger partial charge in [-0.3, -0.25) is 0 Å². The summed E-state index contributed by atoms with van der Waals surface area (Å²) in [6.07, 6.45) is 3.78. The third kappa shape index (κ3) is 2.94. The van der Waals surface area contributed by atoms with Gasteiger partial charge in [-0.1, -0.05) is 13.8 Å². The van der Waals surface area contributed by atoms with E-state index in [2.05, 4.69) is 61.3 Å². The van der Waals surface area contributed by atoms with E-state index in [0.717, 1.165) is 46.1 Å². The number of hydrogen-bond donors (Lipinski definition) is 0. The Labute approximate surface area is 169 Å². The zero-order valence-electron chi connectivity index (χ0n) is 17.3. The molecule has 0 radical (unpaired) electrons. The van der Waals surface area contributed by atoms with Crippen molar-refractivity contribution in [2.45, 2.75) is 53.4 Å². The van der Waals surface area contributed by atoms with Crippen LogP contribution in [0.5, 0.6) is 0 Å². The van der Waals surface area contributed by atoms with Gasteiger partial charge in [-0.15, -0.1) is 11.3 Å². The largest absolute Gasteiger partial charge is 0.248 e. The fourth-order valence-electron chi connectivity index (χ4n) is 3.90. The number of hydrogen-bond acceptors (Lipinski definition) is 5. The molecule has 0 unspecified atom stereocenters. The van der Waals surface area contributed by atoms with E-state index in [1.165, 1.54) is 16.1 Å². The normalized spacial score (nSPS) is 11.8. The lowest BCUT2D eigenvalue weighted by Gasteiger charge is -2.15. The molecule has 4 aromatic heterocycles. The van der Waals surface area contributed by atoms with Crippen molar-refractivity contribution in [1.29, 1.82) is 0 Å². The molecule has 6 nitrogen and oxygen atoms in total. The molecule has 0 aliphatic rings. The minimum Gasteiger partial charge on any atom is -0.248 e. The minimum atomic E-state index is 0.481. The molecule has 0 saturated heterocycles. The summed E-state index contributed by atoms with van der Waals surface area (Å²) < 4.78 is 3.88. The van der Waals surface area contributed by atoms with Gasteiger partial charge >= 0.3 is 0 Å². The smallest absolute Gasteiger partial charge is 0.167 e. The monoisotopic (exact) mass is 394 g/mol. The Hall–Kier alpha value is -2.54. The van der Waals surface area contributed by atoms with E-state index in [9.17, 15) is 0 Å². The zero-order valence-corrected chi connectivity index (χ0v) is 18.1. The fourth-order valence-corrected chi connectivity index (χ4v) is 5.19. The molecule has 0 N–H and O–H groups in total. The number of rotatable bonds is 5. The molecular weight excluding hydrogens is 368 g/mol. The molecule has 0 spiro atoms. The summed E-state index contributed by atoms with van der Waals surface area (Å²) in [5, 5.41) is 9.11. The molecule has 0 atom stereocenters. The van der Waals surface area contributed by atoms with Crippen molar-refractivity contribution < 1.29 is 0 Å². The summed E-state index contributed by atoms with van der Waals surface area (Å²) in [4.78, 5) is 11.6. The summed E-state index contributed by atoms with van der Waals surface area (Å²) in [6.45, 7) is 10.8. The van der Waals surface area contributed by atoms with Gasteiger partial charge in [0.05, 0.1) is 16.1 Å². The first-order valence-electron chi connectivity index (χ1n) is 9.76. The van der Waals surface area contributed by atoms with Gasteiger partial charge in [0, 0.05) is 29.2 Å². The predicted octanol–water partition coefficient (Wildman–Crippen LogP) is 5.08. The van der Waals surface area contributed by atoms with Gasteiger partial charge < -0.3 is 0 Å². The van der Waals surface area contributed by atoms with Gasteiger partial charge in [-0.2, -0.15) is 10.2 Å². The molecule has 4 aromatic rings. The molecule has 0 amide bonds. The van der Waals surface area contributed by atoms with E-state index in [-0.39, 0.29) is 0 Å². The summed E-state index contributed by atoms with van der Waals surface area (Å²) in [5.74, 6) is 1.37. The lowest BCUT2D eigenvalue weighted by Crippen LogP contribution is -2.07. The molecule has 4 rings (SSSR count). The summed E-state index contributed by atoms with van der Waals surface area (Å²) in [7, 11) is 1.92. The highest BCUT2D eigenvalue weighted by Gasteiger charge is 2.22. The molecule has 0 aromatic carbocycles. The zero-order chi connectivity index (χ0) is 20.0. The molecule has 0 fully saturated rings. The highest BCUT2D eigenvalue weighted by Crippen LogP contribution is 2.40. The Kier molecular flexibility index (Phi) is 4.79. The molecule has 7 heteroatoms. The van der Waals surface area contributed by atoms with Crippen LogP contribution in [0.15, 0.2) is 18.5 Å². The highest BCUT2D eigenvalue weighted by molar-refractivity contribution is 7.19. The first-order chi connectivity index (χ1) is 13.4. The maximum atomic E-state index is 4.91. The first kappa shape index (κ1) is 18.8. The maximum Gasteiger partial charge on any atom is 0.167 e.